The van der Waals surface area contributed by atoms with Crippen molar-refractivity contribution in [1.82, 2.24) is 4.98 Å². The second kappa shape index (κ2) is 4.84. The summed E-state index contributed by atoms with van der Waals surface area (Å²) in [5, 5.41) is 0.717. The van der Waals surface area contributed by atoms with E-state index >= 15 is 0 Å². The highest BCUT2D eigenvalue weighted by atomic mass is 35.5. The minimum Gasteiger partial charge on any atom is -0.399 e. The van der Waals surface area contributed by atoms with Gasteiger partial charge in [-0.1, -0.05) is 23.2 Å². The van der Waals surface area contributed by atoms with Gasteiger partial charge in [-0.3, -0.25) is 4.79 Å². The van der Waals surface area contributed by atoms with Gasteiger partial charge in [0.25, 0.3) is 0 Å². The third-order valence-electron chi connectivity index (χ3n) is 2.31. The first-order valence-electron chi connectivity index (χ1n) is 4.99. The molecule has 0 aliphatic heterocycles. The Balaban J connectivity index is 2.51. The Morgan fingerprint density at radius 3 is 2.44 bits per heavy atom. The molecule has 0 radical (unpaired) electrons. The number of nitrogens with zero attached hydrogens (tertiary/aromatic N) is 1. The molecule has 6 heteroatoms. The SMILES string of the molecule is Nc1cc(Cl)cc(C(=O)c2cc(Cl)cnc2N)c1. The van der Waals surface area contributed by atoms with Crippen molar-refractivity contribution in [1.29, 1.82) is 0 Å². The summed E-state index contributed by atoms with van der Waals surface area (Å²) in [6.07, 6.45) is 1.38. The van der Waals surface area contributed by atoms with Crippen molar-refractivity contribution in [3.8, 4) is 0 Å². The molecule has 0 spiro atoms. The van der Waals surface area contributed by atoms with Crippen molar-refractivity contribution in [2.45, 2.75) is 0 Å². The maximum Gasteiger partial charge on any atom is 0.196 e. The minimum absolute atomic E-state index is 0.114. The van der Waals surface area contributed by atoms with Gasteiger partial charge in [0.2, 0.25) is 0 Å². The zero-order chi connectivity index (χ0) is 13.3. The summed E-state index contributed by atoms with van der Waals surface area (Å²) in [5.41, 5.74) is 12.3. The van der Waals surface area contributed by atoms with E-state index in [1.54, 1.807) is 6.07 Å². The second-order valence-electron chi connectivity index (χ2n) is 3.69. The van der Waals surface area contributed by atoms with Crippen LogP contribution in [0.5, 0.6) is 0 Å². The standard InChI is InChI=1S/C12H9Cl2N3O/c13-7-1-6(2-9(15)3-7)11(18)10-4-8(14)5-17-12(10)16/h1-5H,15H2,(H2,16,17). The molecular formula is C12H9Cl2N3O. The van der Waals surface area contributed by atoms with Gasteiger partial charge in [0.05, 0.1) is 10.6 Å². The van der Waals surface area contributed by atoms with Crippen molar-refractivity contribution in [2.75, 3.05) is 11.5 Å². The minimum atomic E-state index is -0.322. The van der Waals surface area contributed by atoms with E-state index in [4.69, 9.17) is 34.7 Å². The van der Waals surface area contributed by atoms with Crippen LogP contribution < -0.4 is 11.5 Å². The van der Waals surface area contributed by atoms with Crippen LogP contribution >= 0.6 is 23.2 Å². The number of carbonyl (C=O) groups is 1. The van der Waals surface area contributed by atoms with Crippen LogP contribution in [0.1, 0.15) is 15.9 Å². The van der Waals surface area contributed by atoms with Crippen LogP contribution in [-0.2, 0) is 0 Å². The van der Waals surface area contributed by atoms with Crippen LogP contribution in [0, 0.1) is 0 Å². The lowest BCUT2D eigenvalue weighted by Crippen LogP contribution is -2.07. The number of carbonyl (C=O) groups excluding carboxylic acids is 1. The van der Waals surface area contributed by atoms with E-state index in [-0.39, 0.29) is 17.2 Å². The zero-order valence-electron chi connectivity index (χ0n) is 9.15. The van der Waals surface area contributed by atoms with Gasteiger partial charge in [-0.15, -0.1) is 0 Å². The predicted octanol–water partition coefficient (Wildman–Crippen LogP) is 2.78. The van der Waals surface area contributed by atoms with Gasteiger partial charge in [-0.25, -0.2) is 4.98 Å². The zero-order valence-corrected chi connectivity index (χ0v) is 10.7. The number of halogens is 2. The molecule has 0 aliphatic rings. The number of pyridine rings is 1. The molecule has 0 bridgehead atoms. The summed E-state index contributed by atoms with van der Waals surface area (Å²) in [5.74, 6) is -0.209. The molecule has 0 atom stereocenters. The van der Waals surface area contributed by atoms with Crippen molar-refractivity contribution >= 4 is 40.5 Å². The van der Waals surface area contributed by atoms with E-state index in [1.165, 1.54) is 24.4 Å². The van der Waals surface area contributed by atoms with E-state index in [2.05, 4.69) is 4.98 Å². The lowest BCUT2D eigenvalue weighted by atomic mass is 10.0. The summed E-state index contributed by atoms with van der Waals surface area (Å²) < 4.78 is 0. The fourth-order valence-corrected chi connectivity index (χ4v) is 1.93. The number of aromatic nitrogens is 1. The molecule has 2 aromatic rings. The van der Waals surface area contributed by atoms with Crippen LogP contribution in [0.25, 0.3) is 0 Å². The molecule has 4 nitrogen and oxygen atoms in total. The number of hydrogen-bond donors (Lipinski definition) is 2. The Morgan fingerprint density at radius 1 is 1.06 bits per heavy atom. The Hall–Kier alpha value is -1.78. The van der Waals surface area contributed by atoms with E-state index in [9.17, 15) is 4.79 Å². The Bertz CT molecular complexity index is 608. The Kier molecular flexibility index (Phi) is 3.41. The Labute approximate surface area is 114 Å². The van der Waals surface area contributed by atoms with Gasteiger partial charge < -0.3 is 11.5 Å². The summed E-state index contributed by atoms with van der Waals surface area (Å²) >= 11 is 11.6. The summed E-state index contributed by atoms with van der Waals surface area (Å²) in [4.78, 5) is 16.1. The molecule has 0 unspecified atom stereocenters. The molecule has 2 rings (SSSR count). The van der Waals surface area contributed by atoms with E-state index in [1.807, 2.05) is 0 Å². The molecule has 1 aromatic carbocycles. The molecule has 18 heavy (non-hydrogen) atoms. The topological polar surface area (TPSA) is 82.0 Å². The second-order valence-corrected chi connectivity index (χ2v) is 4.56. The maximum atomic E-state index is 12.2. The lowest BCUT2D eigenvalue weighted by Gasteiger charge is -2.06. The average molecular weight is 282 g/mol. The highest BCUT2D eigenvalue weighted by Gasteiger charge is 2.15. The van der Waals surface area contributed by atoms with Crippen molar-refractivity contribution in [3.05, 3.63) is 51.6 Å². The average Bonchev–Trinajstić information content (AvgIpc) is 2.30. The van der Waals surface area contributed by atoms with Gasteiger partial charge in [0.15, 0.2) is 5.78 Å². The number of benzene rings is 1. The number of anilines is 2. The normalized spacial score (nSPS) is 10.3. The van der Waals surface area contributed by atoms with Gasteiger partial charge in [0.1, 0.15) is 5.82 Å². The van der Waals surface area contributed by atoms with Crippen molar-refractivity contribution in [2.24, 2.45) is 0 Å². The van der Waals surface area contributed by atoms with Crippen LogP contribution in [0.15, 0.2) is 30.5 Å². The smallest absolute Gasteiger partial charge is 0.196 e. The first-order chi connectivity index (χ1) is 8.47. The van der Waals surface area contributed by atoms with Crippen LogP contribution in [0.3, 0.4) is 0 Å². The first-order valence-corrected chi connectivity index (χ1v) is 5.75. The number of nitrogen functional groups attached to an aromatic ring is 2. The molecule has 4 N–H and O–H groups in total. The maximum absolute atomic E-state index is 12.2. The van der Waals surface area contributed by atoms with Crippen LogP contribution in [-0.4, -0.2) is 10.8 Å². The lowest BCUT2D eigenvalue weighted by molar-refractivity contribution is 0.103. The number of rotatable bonds is 2. The first kappa shape index (κ1) is 12.7. The summed E-state index contributed by atoms with van der Waals surface area (Å²) in [6.45, 7) is 0. The van der Waals surface area contributed by atoms with Gasteiger partial charge >= 0.3 is 0 Å². The third kappa shape index (κ3) is 2.55. The van der Waals surface area contributed by atoms with Gasteiger partial charge in [-0.05, 0) is 24.3 Å². The fourth-order valence-electron chi connectivity index (χ4n) is 1.53. The van der Waals surface area contributed by atoms with Crippen LogP contribution in [0.2, 0.25) is 10.0 Å². The largest absolute Gasteiger partial charge is 0.399 e. The molecule has 0 saturated carbocycles. The molecule has 92 valence electrons. The van der Waals surface area contributed by atoms with Gasteiger partial charge in [0, 0.05) is 22.5 Å². The van der Waals surface area contributed by atoms with Crippen molar-refractivity contribution < 1.29 is 4.79 Å². The molecule has 1 aromatic heterocycles. The predicted molar refractivity (Wildman–Crippen MR) is 73.0 cm³/mol. The molecule has 0 amide bonds. The van der Waals surface area contributed by atoms with E-state index < -0.39 is 0 Å². The Morgan fingerprint density at radius 2 is 1.78 bits per heavy atom. The highest BCUT2D eigenvalue weighted by molar-refractivity contribution is 6.32. The number of ketones is 1. The fraction of sp³-hybridized carbons (Fsp3) is 0. The molecular weight excluding hydrogens is 273 g/mol. The summed E-state index contributed by atoms with van der Waals surface area (Å²) in [7, 11) is 0. The number of nitrogens with two attached hydrogens (primary N) is 2. The monoisotopic (exact) mass is 281 g/mol. The molecule has 1 heterocycles. The summed E-state index contributed by atoms with van der Waals surface area (Å²) in [6, 6.07) is 6.05. The third-order valence-corrected chi connectivity index (χ3v) is 2.74. The highest BCUT2D eigenvalue weighted by Crippen LogP contribution is 2.22. The van der Waals surface area contributed by atoms with Crippen molar-refractivity contribution in [3.63, 3.8) is 0 Å². The quantitative estimate of drug-likeness (QED) is 0.655. The molecule has 0 aliphatic carbocycles. The van der Waals surface area contributed by atoms with Gasteiger partial charge in [-0.2, -0.15) is 0 Å². The van der Waals surface area contributed by atoms with Crippen LogP contribution in [0.4, 0.5) is 11.5 Å². The van der Waals surface area contributed by atoms with E-state index in [0.717, 1.165) is 0 Å². The molecule has 0 fully saturated rings. The number of hydrogen-bond acceptors (Lipinski definition) is 4. The van der Waals surface area contributed by atoms with E-state index in [0.29, 0.717) is 21.3 Å². The molecule has 0 saturated heterocycles.